The molecule has 0 heterocycles. The van der Waals surface area contributed by atoms with Crippen LogP contribution in [0.15, 0.2) is 0 Å². The van der Waals surface area contributed by atoms with Crippen molar-refractivity contribution >= 4 is 5.97 Å². The summed E-state index contributed by atoms with van der Waals surface area (Å²) in [6.45, 7) is -1.40. The number of rotatable bonds is 27. The van der Waals surface area contributed by atoms with Gasteiger partial charge < -0.3 is 4.74 Å². The van der Waals surface area contributed by atoms with E-state index in [2.05, 4.69) is 13.8 Å². The number of esters is 1. The van der Waals surface area contributed by atoms with E-state index in [1.54, 1.807) is 0 Å². The standard InChI is InChI=1S/C31H62O2/c1-4-7-9-11-13-15-17-19-21-23-25-27-30(29-31(32)33-6-3)28-26-24-22-20-18-16-14-12-10-8-5-2/h30H,4-29H2,1-3H3/i3D3,6D2. The van der Waals surface area contributed by atoms with Gasteiger partial charge in [0, 0.05) is 10.5 Å². The van der Waals surface area contributed by atoms with Crippen LogP contribution in [0, 0.1) is 5.92 Å². The van der Waals surface area contributed by atoms with Crippen LogP contribution in [0.4, 0.5) is 0 Å². The van der Waals surface area contributed by atoms with Gasteiger partial charge in [-0.25, -0.2) is 0 Å². The van der Waals surface area contributed by atoms with E-state index in [1.165, 1.54) is 116 Å². The van der Waals surface area contributed by atoms with E-state index < -0.39 is 19.4 Å². The van der Waals surface area contributed by atoms with Gasteiger partial charge in [0.1, 0.15) is 0 Å². The molecule has 2 nitrogen and oxygen atoms in total. The van der Waals surface area contributed by atoms with Gasteiger partial charge in [-0.05, 0) is 25.6 Å². The molecule has 0 atom stereocenters. The Bertz CT molecular complexity index is 511. The second-order valence-electron chi connectivity index (χ2n) is 10.3. The molecule has 0 aliphatic heterocycles. The van der Waals surface area contributed by atoms with Gasteiger partial charge in [-0.1, -0.05) is 155 Å². The van der Waals surface area contributed by atoms with Crippen LogP contribution in [0.5, 0.6) is 0 Å². The van der Waals surface area contributed by atoms with Crippen molar-refractivity contribution in [3.05, 3.63) is 0 Å². The lowest BCUT2D eigenvalue weighted by molar-refractivity contribution is -0.144. The first-order chi connectivity index (χ1) is 18.1. The number of hydrogen-bond acceptors (Lipinski definition) is 2. The average molecular weight is 472 g/mol. The zero-order valence-electron chi connectivity index (χ0n) is 27.6. The van der Waals surface area contributed by atoms with E-state index >= 15 is 0 Å². The molecule has 33 heavy (non-hydrogen) atoms. The molecule has 0 amide bonds. The van der Waals surface area contributed by atoms with Crippen LogP contribution in [0.3, 0.4) is 0 Å². The van der Waals surface area contributed by atoms with Crippen molar-refractivity contribution in [2.45, 2.75) is 181 Å². The van der Waals surface area contributed by atoms with Gasteiger partial charge in [0.2, 0.25) is 0 Å². The molecule has 0 saturated heterocycles. The highest BCUT2D eigenvalue weighted by molar-refractivity contribution is 5.69. The van der Waals surface area contributed by atoms with Crippen LogP contribution in [-0.4, -0.2) is 12.5 Å². The molecule has 0 spiro atoms. The second kappa shape index (κ2) is 27.7. The summed E-state index contributed by atoms with van der Waals surface area (Å²) in [5.74, 6) is -0.575. The lowest BCUT2D eigenvalue weighted by Crippen LogP contribution is -2.12. The zero-order valence-corrected chi connectivity index (χ0v) is 22.6. The minimum atomic E-state index is -2.97. The summed E-state index contributed by atoms with van der Waals surface area (Å²) in [5.41, 5.74) is 0. The van der Waals surface area contributed by atoms with Crippen molar-refractivity contribution in [2.75, 3.05) is 6.56 Å². The first-order valence-electron chi connectivity index (χ1n) is 17.4. The Labute approximate surface area is 216 Å². The minimum absolute atomic E-state index is 0.116. The normalized spacial score (nSPS) is 14.5. The van der Waals surface area contributed by atoms with Crippen LogP contribution in [0.25, 0.3) is 0 Å². The molecule has 0 aliphatic rings. The average Bonchev–Trinajstić information content (AvgIpc) is 2.84. The SMILES string of the molecule is [2H]C([2H])([2H])C([2H])([2H])OC(=O)CC(CCCCCCCCCCCCC)CCCCCCCCCCCCC. The molecular weight excluding hydrogens is 404 g/mol. The summed E-state index contributed by atoms with van der Waals surface area (Å²) in [7, 11) is 0. The fraction of sp³-hybridized carbons (Fsp3) is 0.968. The fourth-order valence-electron chi connectivity index (χ4n) is 4.88. The molecule has 198 valence electrons. The summed E-state index contributed by atoms with van der Waals surface area (Å²) in [6, 6.07) is 0. The molecule has 0 aliphatic carbocycles. The minimum Gasteiger partial charge on any atom is -0.466 e. The molecular formula is C31H62O2. The lowest BCUT2D eigenvalue weighted by Gasteiger charge is -2.16. The van der Waals surface area contributed by atoms with Crippen LogP contribution in [0.1, 0.15) is 188 Å². The largest absolute Gasteiger partial charge is 0.466 e. The van der Waals surface area contributed by atoms with E-state index in [4.69, 9.17) is 11.6 Å². The Morgan fingerprint density at radius 1 is 0.606 bits per heavy atom. The molecule has 0 aromatic heterocycles. The molecule has 0 radical (unpaired) electrons. The third-order valence-corrected chi connectivity index (χ3v) is 7.05. The Balaban J connectivity index is 4.24. The Hall–Kier alpha value is -0.530. The molecule has 0 aromatic rings. The predicted octanol–water partition coefficient (Wildman–Crippen LogP) is 11.0. The predicted molar refractivity (Wildman–Crippen MR) is 147 cm³/mol. The highest BCUT2D eigenvalue weighted by Crippen LogP contribution is 2.23. The van der Waals surface area contributed by atoms with Gasteiger partial charge in [-0.2, -0.15) is 0 Å². The van der Waals surface area contributed by atoms with Crippen molar-refractivity contribution in [2.24, 2.45) is 5.92 Å². The third-order valence-electron chi connectivity index (χ3n) is 7.05. The number of hydrogen-bond donors (Lipinski definition) is 0. The van der Waals surface area contributed by atoms with Gasteiger partial charge in [-0.3, -0.25) is 4.79 Å². The number of carbonyl (C=O) groups is 1. The van der Waals surface area contributed by atoms with Crippen molar-refractivity contribution in [3.63, 3.8) is 0 Å². The van der Waals surface area contributed by atoms with Gasteiger partial charge in [0.05, 0.1) is 9.30 Å². The lowest BCUT2D eigenvalue weighted by atomic mass is 9.91. The van der Waals surface area contributed by atoms with Gasteiger partial charge in [0.15, 0.2) is 0 Å². The van der Waals surface area contributed by atoms with E-state index in [0.29, 0.717) is 0 Å². The molecule has 0 fully saturated rings. The zero-order chi connectivity index (χ0) is 28.5. The maximum Gasteiger partial charge on any atom is 0.306 e. The van der Waals surface area contributed by atoms with E-state index in [1.807, 2.05) is 0 Å². The summed E-state index contributed by atoms with van der Waals surface area (Å²) in [5, 5.41) is 0. The maximum atomic E-state index is 12.4. The third kappa shape index (κ3) is 25.9. The quantitative estimate of drug-likeness (QED) is 0.0879. The highest BCUT2D eigenvalue weighted by Gasteiger charge is 2.14. The summed E-state index contributed by atoms with van der Waals surface area (Å²) >= 11 is 0. The maximum absolute atomic E-state index is 12.4. The Morgan fingerprint density at radius 2 is 0.939 bits per heavy atom. The number of ether oxygens (including phenoxy) is 1. The fourth-order valence-corrected chi connectivity index (χ4v) is 4.88. The van der Waals surface area contributed by atoms with Crippen molar-refractivity contribution < 1.29 is 16.4 Å². The Kier molecular flexibility index (Phi) is 20.3. The summed E-state index contributed by atoms with van der Waals surface area (Å²) in [6.07, 6.45) is 30.2. The van der Waals surface area contributed by atoms with Gasteiger partial charge >= 0.3 is 5.97 Å². The number of carbonyl (C=O) groups excluding carboxylic acids is 1. The van der Waals surface area contributed by atoms with Crippen LogP contribution in [0.2, 0.25) is 0 Å². The molecule has 0 saturated carbocycles. The first kappa shape index (κ1) is 24.2. The smallest absolute Gasteiger partial charge is 0.306 e. The van der Waals surface area contributed by atoms with Crippen molar-refractivity contribution in [3.8, 4) is 0 Å². The van der Waals surface area contributed by atoms with Crippen LogP contribution < -0.4 is 0 Å². The van der Waals surface area contributed by atoms with Crippen LogP contribution in [-0.2, 0) is 9.53 Å². The monoisotopic (exact) mass is 472 g/mol. The molecule has 0 rings (SSSR count). The van der Waals surface area contributed by atoms with E-state index in [9.17, 15) is 4.79 Å². The van der Waals surface area contributed by atoms with Gasteiger partial charge in [0.25, 0.3) is 0 Å². The summed E-state index contributed by atoms with van der Waals surface area (Å²) in [4.78, 5) is 12.4. The Morgan fingerprint density at radius 3 is 1.27 bits per heavy atom. The van der Waals surface area contributed by atoms with E-state index in [-0.39, 0.29) is 12.3 Å². The molecule has 0 aromatic carbocycles. The topological polar surface area (TPSA) is 26.3 Å². The summed E-state index contributed by atoms with van der Waals surface area (Å²) < 4.78 is 41.8. The molecule has 0 bridgehead atoms. The number of unbranched alkanes of at least 4 members (excludes halogenated alkanes) is 20. The van der Waals surface area contributed by atoms with Crippen molar-refractivity contribution in [1.82, 2.24) is 0 Å². The first-order valence-corrected chi connectivity index (χ1v) is 14.9. The van der Waals surface area contributed by atoms with Crippen LogP contribution >= 0.6 is 0 Å². The molecule has 0 N–H and O–H groups in total. The van der Waals surface area contributed by atoms with Gasteiger partial charge in [-0.15, -0.1) is 0 Å². The second-order valence-corrected chi connectivity index (χ2v) is 10.3. The molecule has 0 unspecified atom stereocenters. The van der Waals surface area contributed by atoms with Crippen molar-refractivity contribution in [1.29, 1.82) is 0 Å². The molecule has 2 heteroatoms. The van der Waals surface area contributed by atoms with E-state index in [0.717, 1.165) is 38.5 Å². The highest BCUT2D eigenvalue weighted by atomic mass is 16.5.